The summed E-state index contributed by atoms with van der Waals surface area (Å²) < 4.78 is 7.08. The molecule has 2 aromatic heterocycles. The lowest BCUT2D eigenvalue weighted by atomic mass is 10.0. The molecule has 3 heterocycles. The number of halogens is 1. The maximum Gasteiger partial charge on any atom is 0.228 e. The van der Waals surface area contributed by atoms with Crippen molar-refractivity contribution in [2.45, 2.75) is 18.9 Å². The number of ether oxygens (including phenoxy) is 1. The molecule has 0 unspecified atom stereocenters. The molecule has 1 fully saturated rings. The molecule has 0 radical (unpaired) electrons. The van der Waals surface area contributed by atoms with Gasteiger partial charge >= 0.3 is 0 Å². The van der Waals surface area contributed by atoms with Crippen LogP contribution in [0.3, 0.4) is 0 Å². The molecule has 10 nitrogen and oxygen atoms in total. The number of aromatic nitrogens is 4. The highest BCUT2D eigenvalue weighted by Gasteiger charge is 2.27. The second-order valence-electron chi connectivity index (χ2n) is 9.39. The molecule has 2 aromatic carbocycles. The van der Waals surface area contributed by atoms with E-state index in [4.69, 9.17) is 21.6 Å². The molecule has 1 amide bonds. The van der Waals surface area contributed by atoms with E-state index in [1.165, 1.54) is 6.20 Å². The first-order chi connectivity index (χ1) is 18.9. The van der Waals surface area contributed by atoms with Gasteiger partial charge in [-0.15, -0.1) is 0 Å². The topological polar surface area (TPSA) is 112 Å². The molecule has 1 atom stereocenters. The summed E-state index contributed by atoms with van der Waals surface area (Å²) in [5.41, 5.74) is 4.01. The van der Waals surface area contributed by atoms with Crippen LogP contribution in [-0.4, -0.2) is 64.3 Å². The van der Waals surface area contributed by atoms with Gasteiger partial charge in [-0.1, -0.05) is 11.6 Å². The molecule has 0 bridgehead atoms. The summed E-state index contributed by atoms with van der Waals surface area (Å²) in [4.78, 5) is 25.5. The highest BCUT2D eigenvalue weighted by atomic mass is 35.5. The number of amides is 1. The van der Waals surface area contributed by atoms with Crippen molar-refractivity contribution >= 4 is 34.8 Å². The summed E-state index contributed by atoms with van der Waals surface area (Å²) >= 11 is 6.45. The van der Waals surface area contributed by atoms with Crippen LogP contribution in [0.2, 0.25) is 5.02 Å². The molecule has 1 saturated heterocycles. The summed E-state index contributed by atoms with van der Waals surface area (Å²) in [6.07, 6.45) is 6.43. The number of piperidine rings is 1. The fourth-order valence-electron chi connectivity index (χ4n) is 4.53. The van der Waals surface area contributed by atoms with E-state index in [0.717, 1.165) is 17.8 Å². The Bertz CT molecular complexity index is 1540. The number of nitrogens with zero attached hydrogens (tertiary/aromatic N) is 7. The summed E-state index contributed by atoms with van der Waals surface area (Å²) in [6.45, 7) is 0.695. The minimum Gasteiger partial charge on any atom is -0.494 e. The van der Waals surface area contributed by atoms with E-state index in [1.807, 2.05) is 43.3 Å². The standard InChI is InChI=1S/C28H27ClN8O2/c1-35(2)22-10-11-36(26(38)13-22)21-7-5-20(6-8-21)33-28-31-16-23(29)27(34-28)19-15-32-37(17-19)24-9-4-18(14-30)12-25(24)39-3/h4-9,12,15-17,22H,10-11,13H2,1-3H3,(H,31,33,34)/t22-/m0/s1. The second-order valence-corrected chi connectivity index (χ2v) is 9.80. The zero-order valence-corrected chi connectivity index (χ0v) is 22.6. The highest BCUT2D eigenvalue weighted by Crippen LogP contribution is 2.30. The van der Waals surface area contributed by atoms with Crippen LogP contribution in [0.15, 0.2) is 61.1 Å². The minimum absolute atomic E-state index is 0.130. The molecule has 1 N–H and O–H groups in total. The van der Waals surface area contributed by atoms with Gasteiger partial charge in [0.25, 0.3) is 0 Å². The molecule has 1 aliphatic rings. The Morgan fingerprint density at radius 1 is 1.18 bits per heavy atom. The van der Waals surface area contributed by atoms with Gasteiger partial charge in [0.15, 0.2) is 0 Å². The Morgan fingerprint density at radius 3 is 2.67 bits per heavy atom. The Balaban J connectivity index is 1.33. The Hall–Kier alpha value is -4.46. The third-order valence-corrected chi connectivity index (χ3v) is 7.00. The first-order valence-corrected chi connectivity index (χ1v) is 12.7. The third kappa shape index (κ3) is 5.55. The van der Waals surface area contributed by atoms with E-state index in [-0.39, 0.29) is 11.9 Å². The van der Waals surface area contributed by atoms with E-state index < -0.39 is 0 Å². The number of anilines is 3. The van der Waals surface area contributed by atoms with Crippen molar-refractivity contribution in [3.63, 3.8) is 0 Å². The number of nitrogens with one attached hydrogen (secondary N) is 1. The lowest BCUT2D eigenvalue weighted by molar-refractivity contribution is -0.120. The highest BCUT2D eigenvalue weighted by molar-refractivity contribution is 6.32. The van der Waals surface area contributed by atoms with Crippen molar-refractivity contribution in [1.29, 1.82) is 5.26 Å². The average molecular weight is 543 g/mol. The van der Waals surface area contributed by atoms with Crippen LogP contribution in [-0.2, 0) is 4.79 Å². The Morgan fingerprint density at radius 2 is 1.97 bits per heavy atom. The van der Waals surface area contributed by atoms with E-state index in [0.29, 0.717) is 52.2 Å². The summed E-state index contributed by atoms with van der Waals surface area (Å²) in [6, 6.07) is 15.1. The van der Waals surface area contributed by atoms with Crippen molar-refractivity contribution in [1.82, 2.24) is 24.6 Å². The van der Waals surface area contributed by atoms with Gasteiger partial charge in [-0.05, 0) is 56.9 Å². The van der Waals surface area contributed by atoms with Crippen molar-refractivity contribution in [2.75, 3.05) is 38.0 Å². The van der Waals surface area contributed by atoms with Gasteiger partial charge < -0.3 is 19.9 Å². The van der Waals surface area contributed by atoms with Gasteiger partial charge in [0.1, 0.15) is 11.4 Å². The van der Waals surface area contributed by atoms with Crippen molar-refractivity contribution in [2.24, 2.45) is 0 Å². The number of methoxy groups -OCH3 is 1. The first-order valence-electron chi connectivity index (χ1n) is 12.4. The van der Waals surface area contributed by atoms with Crippen LogP contribution in [0.25, 0.3) is 16.9 Å². The predicted octanol–water partition coefficient (Wildman–Crippen LogP) is 4.66. The second kappa shape index (κ2) is 11.1. The van der Waals surface area contributed by atoms with E-state index in [9.17, 15) is 4.79 Å². The largest absolute Gasteiger partial charge is 0.494 e. The zero-order valence-electron chi connectivity index (χ0n) is 21.8. The van der Waals surface area contributed by atoms with Crippen molar-refractivity contribution in [3.05, 3.63) is 71.6 Å². The molecule has 39 heavy (non-hydrogen) atoms. The predicted molar refractivity (Wildman–Crippen MR) is 150 cm³/mol. The van der Waals surface area contributed by atoms with E-state index >= 15 is 0 Å². The SMILES string of the molecule is COc1cc(C#N)ccc1-n1cc(-c2nc(Nc3ccc(N4CC[C@H](N(C)C)CC4=O)cc3)ncc2Cl)cn1. The van der Waals surface area contributed by atoms with Gasteiger partial charge in [-0.25, -0.2) is 14.6 Å². The zero-order chi connectivity index (χ0) is 27.5. The number of nitriles is 1. The minimum atomic E-state index is 0.130. The first kappa shape index (κ1) is 26.2. The molecular formula is C28H27ClN8O2. The van der Waals surface area contributed by atoms with Crippen LogP contribution < -0.4 is 15.0 Å². The molecule has 0 saturated carbocycles. The third-order valence-electron chi connectivity index (χ3n) is 6.72. The number of carbonyl (C=O) groups is 1. The summed E-state index contributed by atoms with van der Waals surface area (Å²) in [7, 11) is 5.56. The van der Waals surface area contributed by atoms with Gasteiger partial charge in [0.05, 0.1) is 41.9 Å². The number of benzene rings is 2. The lowest BCUT2D eigenvalue weighted by Gasteiger charge is -2.34. The number of hydrogen-bond donors (Lipinski definition) is 1. The van der Waals surface area contributed by atoms with E-state index in [2.05, 4.69) is 31.4 Å². The maximum atomic E-state index is 12.7. The fourth-order valence-corrected chi connectivity index (χ4v) is 4.73. The molecule has 11 heteroatoms. The number of rotatable bonds is 7. The van der Waals surface area contributed by atoms with Crippen LogP contribution >= 0.6 is 11.6 Å². The van der Waals surface area contributed by atoms with Gasteiger partial charge in [0.2, 0.25) is 11.9 Å². The molecule has 0 aliphatic carbocycles. The normalized spacial score (nSPS) is 15.3. The molecule has 198 valence electrons. The van der Waals surface area contributed by atoms with Crippen molar-refractivity contribution in [3.8, 4) is 28.8 Å². The molecule has 4 aromatic rings. The monoisotopic (exact) mass is 542 g/mol. The number of hydrogen-bond acceptors (Lipinski definition) is 8. The maximum absolute atomic E-state index is 12.7. The van der Waals surface area contributed by atoms with Crippen LogP contribution in [0.5, 0.6) is 5.75 Å². The molecule has 1 aliphatic heterocycles. The van der Waals surface area contributed by atoms with Crippen LogP contribution in [0.1, 0.15) is 18.4 Å². The Kier molecular flexibility index (Phi) is 7.45. The van der Waals surface area contributed by atoms with Crippen molar-refractivity contribution < 1.29 is 9.53 Å². The molecular weight excluding hydrogens is 516 g/mol. The quantitative estimate of drug-likeness (QED) is 0.359. The molecule has 0 spiro atoms. The lowest BCUT2D eigenvalue weighted by Crippen LogP contribution is -2.45. The van der Waals surface area contributed by atoms with Gasteiger partial charge in [0, 0.05) is 48.2 Å². The Labute approximate surface area is 231 Å². The smallest absolute Gasteiger partial charge is 0.228 e. The fraction of sp³-hybridized carbons (Fsp3) is 0.250. The summed E-state index contributed by atoms with van der Waals surface area (Å²) in [5, 5.41) is 17.2. The van der Waals surface area contributed by atoms with Crippen LogP contribution in [0.4, 0.5) is 17.3 Å². The average Bonchev–Trinajstić information content (AvgIpc) is 3.44. The van der Waals surface area contributed by atoms with E-state index in [1.54, 1.807) is 42.4 Å². The van der Waals surface area contributed by atoms with Crippen LogP contribution in [0, 0.1) is 11.3 Å². The molecule has 5 rings (SSSR count). The summed E-state index contributed by atoms with van der Waals surface area (Å²) in [5.74, 6) is 1.02. The van der Waals surface area contributed by atoms with Gasteiger partial charge in [-0.2, -0.15) is 10.4 Å². The number of carbonyl (C=O) groups excluding carboxylic acids is 1. The van der Waals surface area contributed by atoms with Gasteiger partial charge in [-0.3, -0.25) is 4.79 Å².